The smallest absolute Gasteiger partial charge is 0.229 e. The fraction of sp³-hybridized carbons (Fsp3) is 0.312. The zero-order valence-electron chi connectivity index (χ0n) is 12.1. The van der Waals surface area contributed by atoms with E-state index >= 15 is 0 Å². The third kappa shape index (κ3) is 3.62. The van der Waals surface area contributed by atoms with E-state index in [-0.39, 0.29) is 11.8 Å². The number of hydrogen-bond acceptors (Lipinski definition) is 4. The van der Waals surface area contributed by atoms with E-state index in [1.165, 1.54) is 0 Å². The van der Waals surface area contributed by atoms with Gasteiger partial charge in [-0.1, -0.05) is 22.0 Å². The van der Waals surface area contributed by atoms with Gasteiger partial charge in [-0.25, -0.2) is 9.97 Å². The molecule has 2 heterocycles. The first-order valence-corrected chi connectivity index (χ1v) is 8.10. The molecule has 1 saturated heterocycles. The third-order valence-corrected chi connectivity index (χ3v) is 4.21. The Morgan fingerprint density at radius 2 is 2.09 bits per heavy atom. The molecule has 1 amide bonds. The molecule has 0 unspecified atom stereocenters. The molecule has 3 rings (SSSR count). The Morgan fingerprint density at radius 1 is 1.27 bits per heavy atom. The largest absolute Gasteiger partial charge is 0.340 e. The number of anilines is 2. The zero-order chi connectivity index (χ0) is 15.4. The quantitative estimate of drug-likeness (QED) is 0.913. The van der Waals surface area contributed by atoms with Gasteiger partial charge in [-0.3, -0.25) is 4.79 Å². The molecule has 2 aromatic rings. The maximum absolute atomic E-state index is 12.5. The molecule has 5 nitrogen and oxygen atoms in total. The molecular formula is C16H17BrN4O. The van der Waals surface area contributed by atoms with E-state index in [1.54, 1.807) is 18.5 Å². The van der Waals surface area contributed by atoms with Gasteiger partial charge < -0.3 is 10.2 Å². The van der Waals surface area contributed by atoms with Crippen molar-refractivity contribution in [3.8, 4) is 0 Å². The third-order valence-electron chi connectivity index (χ3n) is 3.72. The molecule has 1 N–H and O–H groups in total. The molecule has 0 spiro atoms. The Morgan fingerprint density at radius 3 is 2.86 bits per heavy atom. The lowest BCUT2D eigenvalue weighted by molar-refractivity contribution is -0.120. The average molecular weight is 361 g/mol. The minimum atomic E-state index is -0.0449. The van der Waals surface area contributed by atoms with E-state index in [9.17, 15) is 4.79 Å². The summed E-state index contributed by atoms with van der Waals surface area (Å²) in [5, 5.41) is 2.99. The lowest BCUT2D eigenvalue weighted by Crippen LogP contribution is -2.41. The number of hydrogen-bond donors (Lipinski definition) is 1. The Balaban J connectivity index is 1.65. The first-order chi connectivity index (χ1) is 10.7. The van der Waals surface area contributed by atoms with Crippen LogP contribution in [0.3, 0.4) is 0 Å². The van der Waals surface area contributed by atoms with Crippen molar-refractivity contribution in [2.75, 3.05) is 23.3 Å². The molecule has 1 fully saturated rings. The molecule has 22 heavy (non-hydrogen) atoms. The van der Waals surface area contributed by atoms with Crippen molar-refractivity contribution in [3.63, 3.8) is 0 Å². The first kappa shape index (κ1) is 15.0. The Bertz CT molecular complexity index is 650. The van der Waals surface area contributed by atoms with Crippen LogP contribution in [0.25, 0.3) is 0 Å². The van der Waals surface area contributed by atoms with Crippen LogP contribution in [-0.2, 0) is 4.79 Å². The van der Waals surface area contributed by atoms with E-state index in [0.717, 1.165) is 29.5 Å². The second kappa shape index (κ2) is 6.87. The van der Waals surface area contributed by atoms with Crippen LogP contribution in [0.15, 0.2) is 47.2 Å². The number of carbonyl (C=O) groups excluding carboxylic acids is 1. The fourth-order valence-corrected chi connectivity index (χ4v) is 3.04. The highest BCUT2D eigenvalue weighted by molar-refractivity contribution is 9.10. The lowest BCUT2D eigenvalue weighted by Gasteiger charge is -2.31. The van der Waals surface area contributed by atoms with Gasteiger partial charge in [0, 0.05) is 35.6 Å². The van der Waals surface area contributed by atoms with Crippen molar-refractivity contribution in [2.45, 2.75) is 12.8 Å². The average Bonchev–Trinajstić information content (AvgIpc) is 2.56. The number of aromatic nitrogens is 2. The number of nitrogens with one attached hydrogen (secondary N) is 1. The fourth-order valence-electron chi connectivity index (χ4n) is 2.64. The second-order valence-electron chi connectivity index (χ2n) is 5.33. The Hall–Kier alpha value is -1.95. The number of piperidine rings is 1. The van der Waals surface area contributed by atoms with Crippen LogP contribution in [0.1, 0.15) is 12.8 Å². The maximum atomic E-state index is 12.5. The summed E-state index contributed by atoms with van der Waals surface area (Å²) in [5.74, 6) is 0.706. The minimum Gasteiger partial charge on any atom is -0.340 e. The van der Waals surface area contributed by atoms with Crippen molar-refractivity contribution < 1.29 is 4.79 Å². The van der Waals surface area contributed by atoms with Crippen LogP contribution in [0, 0.1) is 5.92 Å². The van der Waals surface area contributed by atoms with Crippen LogP contribution in [0.5, 0.6) is 0 Å². The van der Waals surface area contributed by atoms with E-state index in [0.29, 0.717) is 12.5 Å². The molecule has 1 aliphatic heterocycles. The summed E-state index contributed by atoms with van der Waals surface area (Å²) in [6.07, 6.45) is 5.32. The van der Waals surface area contributed by atoms with Crippen molar-refractivity contribution >= 4 is 33.5 Å². The molecule has 0 bridgehead atoms. The highest BCUT2D eigenvalue weighted by Gasteiger charge is 2.27. The molecule has 0 radical (unpaired) electrons. The van der Waals surface area contributed by atoms with Gasteiger partial charge in [0.05, 0.1) is 5.92 Å². The molecule has 6 heteroatoms. The van der Waals surface area contributed by atoms with Crippen LogP contribution in [-0.4, -0.2) is 29.0 Å². The molecule has 1 aliphatic rings. The topological polar surface area (TPSA) is 58.1 Å². The van der Waals surface area contributed by atoms with Gasteiger partial charge in [0.25, 0.3) is 0 Å². The van der Waals surface area contributed by atoms with E-state index in [4.69, 9.17) is 0 Å². The van der Waals surface area contributed by atoms with Crippen molar-refractivity contribution in [3.05, 3.63) is 47.2 Å². The summed E-state index contributed by atoms with van der Waals surface area (Å²) in [7, 11) is 0. The van der Waals surface area contributed by atoms with Crippen LogP contribution < -0.4 is 10.2 Å². The van der Waals surface area contributed by atoms with Gasteiger partial charge in [0.15, 0.2) is 0 Å². The predicted molar refractivity (Wildman–Crippen MR) is 89.7 cm³/mol. The van der Waals surface area contributed by atoms with Gasteiger partial charge in [0.1, 0.15) is 0 Å². The van der Waals surface area contributed by atoms with E-state index < -0.39 is 0 Å². The number of carbonyl (C=O) groups is 1. The number of nitrogens with zero attached hydrogens (tertiary/aromatic N) is 3. The van der Waals surface area contributed by atoms with Crippen LogP contribution >= 0.6 is 15.9 Å². The highest BCUT2D eigenvalue weighted by Crippen LogP contribution is 2.22. The first-order valence-electron chi connectivity index (χ1n) is 7.31. The normalized spacial score (nSPS) is 18.0. The van der Waals surface area contributed by atoms with Crippen molar-refractivity contribution in [1.29, 1.82) is 0 Å². The van der Waals surface area contributed by atoms with Crippen LogP contribution in [0.4, 0.5) is 11.6 Å². The van der Waals surface area contributed by atoms with E-state index in [1.807, 2.05) is 24.3 Å². The van der Waals surface area contributed by atoms with Gasteiger partial charge in [-0.15, -0.1) is 0 Å². The second-order valence-corrected chi connectivity index (χ2v) is 6.25. The number of rotatable bonds is 3. The van der Waals surface area contributed by atoms with Gasteiger partial charge in [-0.2, -0.15) is 0 Å². The van der Waals surface area contributed by atoms with Crippen LogP contribution in [0.2, 0.25) is 0 Å². The Labute approximate surface area is 137 Å². The SMILES string of the molecule is O=C(Nc1cccc(Br)c1)[C@H]1CCCN(c2ncccn2)C1. The zero-order valence-corrected chi connectivity index (χ0v) is 13.7. The maximum Gasteiger partial charge on any atom is 0.229 e. The number of benzene rings is 1. The standard InChI is InChI=1S/C16H17BrN4O/c17-13-5-1-6-14(10-13)20-15(22)12-4-2-9-21(11-12)16-18-7-3-8-19-16/h1,3,5-8,10,12H,2,4,9,11H2,(H,20,22)/t12-/m0/s1. The Kier molecular flexibility index (Phi) is 4.68. The highest BCUT2D eigenvalue weighted by atomic mass is 79.9. The van der Waals surface area contributed by atoms with Crippen molar-refractivity contribution in [2.24, 2.45) is 5.92 Å². The number of amides is 1. The van der Waals surface area contributed by atoms with Gasteiger partial charge >= 0.3 is 0 Å². The minimum absolute atomic E-state index is 0.0449. The summed E-state index contributed by atoms with van der Waals surface area (Å²) < 4.78 is 0.952. The summed E-state index contributed by atoms with van der Waals surface area (Å²) in [5.41, 5.74) is 0.812. The molecule has 0 saturated carbocycles. The molecular weight excluding hydrogens is 344 g/mol. The lowest BCUT2D eigenvalue weighted by atomic mass is 9.97. The summed E-state index contributed by atoms with van der Waals surface area (Å²) >= 11 is 3.41. The monoisotopic (exact) mass is 360 g/mol. The molecule has 0 aliphatic carbocycles. The number of halogens is 1. The molecule has 1 aromatic heterocycles. The molecule has 1 atom stereocenters. The summed E-state index contributed by atoms with van der Waals surface area (Å²) in [6.45, 7) is 1.55. The predicted octanol–water partition coefficient (Wildman–Crippen LogP) is 3.09. The molecule has 114 valence electrons. The van der Waals surface area contributed by atoms with E-state index in [2.05, 4.69) is 36.1 Å². The summed E-state index contributed by atoms with van der Waals surface area (Å²) in [6, 6.07) is 9.43. The van der Waals surface area contributed by atoms with Gasteiger partial charge in [-0.05, 0) is 37.1 Å². The van der Waals surface area contributed by atoms with Gasteiger partial charge in [0.2, 0.25) is 11.9 Å². The molecule has 1 aromatic carbocycles. The van der Waals surface area contributed by atoms with Crippen molar-refractivity contribution in [1.82, 2.24) is 9.97 Å². The summed E-state index contributed by atoms with van der Waals surface area (Å²) in [4.78, 5) is 23.1.